The van der Waals surface area contributed by atoms with E-state index in [4.69, 9.17) is 5.11 Å². The first-order valence-corrected chi connectivity index (χ1v) is 8.64. The number of benzene rings is 1. The zero-order valence-corrected chi connectivity index (χ0v) is 13.6. The summed E-state index contributed by atoms with van der Waals surface area (Å²) in [5.74, 6) is -1.22. The third-order valence-corrected chi connectivity index (χ3v) is 5.49. The fourth-order valence-electron chi connectivity index (χ4n) is 2.52. The number of aliphatic carboxylic acids is 1. The van der Waals surface area contributed by atoms with Gasteiger partial charge in [0.05, 0.1) is 16.7 Å². The molecule has 0 aliphatic carbocycles. The standard InChI is InChI=1S/C16H21NO4S/c1-11(2)22(21)14-5-3-12(4-6-14)15(18)17-9-7-13(8-10-17)16(19)20/h3-6,11,13H,7-10H2,1-2H3,(H,19,20). The Morgan fingerprint density at radius 2 is 1.73 bits per heavy atom. The molecule has 1 N–H and O–H groups in total. The van der Waals surface area contributed by atoms with Gasteiger partial charge in [-0.1, -0.05) is 13.8 Å². The van der Waals surface area contributed by atoms with E-state index in [-0.39, 0.29) is 17.1 Å². The number of hydrogen-bond acceptors (Lipinski definition) is 3. The Morgan fingerprint density at radius 3 is 2.18 bits per heavy atom. The Labute approximate surface area is 132 Å². The first-order chi connectivity index (χ1) is 10.4. The molecule has 1 unspecified atom stereocenters. The Balaban J connectivity index is 2.02. The van der Waals surface area contributed by atoms with Crippen LogP contribution in [0.1, 0.15) is 37.0 Å². The van der Waals surface area contributed by atoms with Crippen LogP contribution < -0.4 is 0 Å². The molecule has 1 aromatic carbocycles. The maximum absolute atomic E-state index is 12.4. The maximum Gasteiger partial charge on any atom is 0.306 e. The predicted molar refractivity (Wildman–Crippen MR) is 84.2 cm³/mol. The van der Waals surface area contributed by atoms with Gasteiger partial charge in [0.15, 0.2) is 0 Å². The van der Waals surface area contributed by atoms with Crippen LogP contribution in [0.4, 0.5) is 0 Å². The van der Waals surface area contributed by atoms with Gasteiger partial charge in [-0.2, -0.15) is 0 Å². The molecule has 1 aromatic rings. The summed E-state index contributed by atoms with van der Waals surface area (Å²) < 4.78 is 12.0. The lowest BCUT2D eigenvalue weighted by Gasteiger charge is -2.30. The van der Waals surface area contributed by atoms with Crippen LogP contribution in [0, 0.1) is 5.92 Å². The summed E-state index contributed by atoms with van der Waals surface area (Å²) in [6, 6.07) is 6.85. The zero-order chi connectivity index (χ0) is 16.3. The van der Waals surface area contributed by atoms with Gasteiger partial charge in [0.1, 0.15) is 0 Å². The highest BCUT2D eigenvalue weighted by atomic mass is 32.2. The van der Waals surface area contributed by atoms with E-state index in [1.165, 1.54) is 0 Å². The number of rotatable bonds is 4. The van der Waals surface area contributed by atoms with Crippen molar-refractivity contribution in [1.29, 1.82) is 0 Å². The highest BCUT2D eigenvalue weighted by molar-refractivity contribution is 7.85. The molecule has 0 aromatic heterocycles. The Bertz CT molecular complexity index is 574. The van der Waals surface area contributed by atoms with Gasteiger partial charge in [0.2, 0.25) is 0 Å². The lowest BCUT2D eigenvalue weighted by atomic mass is 9.96. The summed E-state index contributed by atoms with van der Waals surface area (Å²) in [4.78, 5) is 25.7. The average Bonchev–Trinajstić information content (AvgIpc) is 2.53. The monoisotopic (exact) mass is 323 g/mol. The normalized spacial score (nSPS) is 17.5. The van der Waals surface area contributed by atoms with Crippen LogP contribution in [0.25, 0.3) is 0 Å². The molecule has 0 spiro atoms. The van der Waals surface area contributed by atoms with E-state index in [0.29, 0.717) is 31.5 Å². The summed E-state index contributed by atoms with van der Waals surface area (Å²) in [6.07, 6.45) is 0.993. The quantitative estimate of drug-likeness (QED) is 0.921. The molecule has 0 radical (unpaired) electrons. The van der Waals surface area contributed by atoms with Crippen molar-refractivity contribution in [2.24, 2.45) is 5.92 Å². The summed E-state index contributed by atoms with van der Waals surface area (Å²) in [6.45, 7) is 4.72. The van der Waals surface area contributed by atoms with Gasteiger partial charge in [-0.15, -0.1) is 0 Å². The Morgan fingerprint density at radius 1 is 1.18 bits per heavy atom. The topological polar surface area (TPSA) is 74.7 Å². The van der Waals surface area contributed by atoms with E-state index >= 15 is 0 Å². The molecule has 1 aliphatic rings. The van der Waals surface area contributed by atoms with Crippen molar-refractivity contribution in [3.8, 4) is 0 Å². The van der Waals surface area contributed by atoms with Gasteiger partial charge in [-0.3, -0.25) is 13.8 Å². The molecule has 0 bridgehead atoms. The zero-order valence-electron chi connectivity index (χ0n) is 12.8. The molecule has 1 amide bonds. The number of nitrogens with zero attached hydrogens (tertiary/aromatic N) is 1. The van der Waals surface area contributed by atoms with Gasteiger partial charge in [0, 0.05) is 28.8 Å². The van der Waals surface area contributed by atoms with Crippen molar-refractivity contribution < 1.29 is 18.9 Å². The van der Waals surface area contributed by atoms with Crippen molar-refractivity contribution in [3.05, 3.63) is 29.8 Å². The van der Waals surface area contributed by atoms with Crippen LogP contribution in [0.15, 0.2) is 29.2 Å². The van der Waals surface area contributed by atoms with Crippen molar-refractivity contribution >= 4 is 22.7 Å². The second kappa shape index (κ2) is 7.05. The molecule has 6 heteroatoms. The lowest BCUT2D eigenvalue weighted by molar-refractivity contribution is -0.143. The molecular formula is C16H21NO4S. The van der Waals surface area contributed by atoms with Gasteiger partial charge in [-0.25, -0.2) is 0 Å². The third-order valence-electron chi connectivity index (χ3n) is 3.89. The molecule has 22 heavy (non-hydrogen) atoms. The minimum absolute atomic E-state index is 0.0385. The molecule has 1 heterocycles. The largest absolute Gasteiger partial charge is 0.481 e. The van der Waals surface area contributed by atoms with E-state index in [1.54, 1.807) is 29.2 Å². The number of hydrogen-bond donors (Lipinski definition) is 1. The minimum Gasteiger partial charge on any atom is -0.481 e. The fraction of sp³-hybridized carbons (Fsp3) is 0.500. The van der Waals surface area contributed by atoms with Crippen LogP contribution in [0.5, 0.6) is 0 Å². The summed E-state index contributed by atoms with van der Waals surface area (Å²) >= 11 is 0. The van der Waals surface area contributed by atoms with Gasteiger partial charge in [-0.05, 0) is 37.1 Å². The van der Waals surface area contributed by atoms with Crippen LogP contribution >= 0.6 is 0 Å². The van der Waals surface area contributed by atoms with E-state index in [0.717, 1.165) is 4.90 Å². The number of carboxylic acids is 1. The number of carbonyl (C=O) groups is 2. The number of piperidine rings is 1. The number of carboxylic acid groups (broad SMARTS) is 1. The van der Waals surface area contributed by atoms with Crippen LogP contribution in [-0.2, 0) is 15.6 Å². The van der Waals surface area contributed by atoms with Crippen LogP contribution in [-0.4, -0.2) is 44.4 Å². The summed E-state index contributed by atoms with van der Waals surface area (Å²) in [7, 11) is -1.06. The number of amides is 1. The first-order valence-electron chi connectivity index (χ1n) is 7.43. The van der Waals surface area contributed by atoms with E-state index < -0.39 is 16.8 Å². The van der Waals surface area contributed by atoms with Crippen molar-refractivity contribution in [1.82, 2.24) is 4.90 Å². The van der Waals surface area contributed by atoms with E-state index in [1.807, 2.05) is 13.8 Å². The van der Waals surface area contributed by atoms with Gasteiger partial charge >= 0.3 is 5.97 Å². The minimum atomic E-state index is -1.06. The van der Waals surface area contributed by atoms with Crippen LogP contribution in [0.2, 0.25) is 0 Å². The average molecular weight is 323 g/mol. The van der Waals surface area contributed by atoms with Crippen LogP contribution in [0.3, 0.4) is 0 Å². The third kappa shape index (κ3) is 3.74. The Hall–Kier alpha value is -1.69. The van der Waals surface area contributed by atoms with Crippen molar-refractivity contribution in [2.75, 3.05) is 13.1 Å². The highest BCUT2D eigenvalue weighted by Gasteiger charge is 2.27. The molecule has 2 rings (SSSR count). The van der Waals surface area contributed by atoms with E-state index in [9.17, 15) is 13.8 Å². The number of likely N-dealkylation sites (tertiary alicyclic amines) is 1. The summed E-state index contributed by atoms with van der Waals surface area (Å²) in [5.41, 5.74) is 0.554. The smallest absolute Gasteiger partial charge is 0.306 e. The molecule has 5 nitrogen and oxygen atoms in total. The first kappa shape index (κ1) is 16.7. The predicted octanol–water partition coefficient (Wildman–Crippen LogP) is 2.14. The molecule has 1 aliphatic heterocycles. The number of carbonyl (C=O) groups excluding carboxylic acids is 1. The van der Waals surface area contributed by atoms with Crippen molar-refractivity contribution in [3.63, 3.8) is 0 Å². The van der Waals surface area contributed by atoms with Gasteiger partial charge in [0.25, 0.3) is 5.91 Å². The molecule has 1 fully saturated rings. The highest BCUT2D eigenvalue weighted by Crippen LogP contribution is 2.20. The molecule has 120 valence electrons. The SMILES string of the molecule is CC(C)S(=O)c1ccc(C(=O)N2CCC(C(=O)O)CC2)cc1. The lowest BCUT2D eigenvalue weighted by Crippen LogP contribution is -2.40. The summed E-state index contributed by atoms with van der Waals surface area (Å²) in [5, 5.41) is 9.01. The van der Waals surface area contributed by atoms with E-state index in [2.05, 4.69) is 0 Å². The van der Waals surface area contributed by atoms with Gasteiger partial charge < -0.3 is 10.0 Å². The fourth-order valence-corrected chi connectivity index (χ4v) is 3.46. The molecule has 1 saturated heterocycles. The molecule has 1 atom stereocenters. The molecule has 0 saturated carbocycles. The van der Waals surface area contributed by atoms with Crippen molar-refractivity contribution in [2.45, 2.75) is 36.8 Å². The Kier molecular flexibility index (Phi) is 5.34. The second-order valence-electron chi connectivity index (χ2n) is 5.78. The second-order valence-corrected chi connectivity index (χ2v) is 7.78. The maximum atomic E-state index is 12.4. The molecular weight excluding hydrogens is 302 g/mol.